The Kier molecular flexibility index (Phi) is 14.0. The summed E-state index contributed by atoms with van der Waals surface area (Å²) in [7, 11) is 2.21. The zero-order valence-corrected chi connectivity index (χ0v) is 31.0. The first-order chi connectivity index (χ1) is 23.4. The van der Waals surface area contributed by atoms with E-state index in [9.17, 15) is 37.5 Å². The van der Waals surface area contributed by atoms with Crippen molar-refractivity contribution in [3.8, 4) is 5.75 Å². The van der Waals surface area contributed by atoms with Gasteiger partial charge in [0.15, 0.2) is 0 Å². The smallest absolute Gasteiger partial charge is 0.434 e. The van der Waals surface area contributed by atoms with Gasteiger partial charge in [0.25, 0.3) is 0 Å². The van der Waals surface area contributed by atoms with Crippen molar-refractivity contribution < 1.29 is 51.7 Å². The number of hydrogen-bond donors (Lipinski definition) is 3. The van der Waals surface area contributed by atoms with Crippen molar-refractivity contribution in [3.63, 3.8) is 0 Å². The lowest BCUT2D eigenvalue weighted by Gasteiger charge is -2.41. The number of carbonyl (C=O) groups excluding carboxylic acids is 4. The third-order valence-corrected chi connectivity index (χ3v) is 8.43. The number of nitrogens with one attached hydrogen (secondary N) is 2. The second kappa shape index (κ2) is 16.7. The van der Waals surface area contributed by atoms with Gasteiger partial charge >= 0.3 is 23.8 Å². The monoisotopic (exact) mass is 728 g/mol. The number of benzene rings is 1. The molecule has 2 rings (SSSR count). The van der Waals surface area contributed by atoms with Gasteiger partial charge in [-0.05, 0) is 64.2 Å². The first-order valence-electron chi connectivity index (χ1n) is 16.5. The summed E-state index contributed by atoms with van der Waals surface area (Å²) in [4.78, 5) is 54.7. The molecule has 0 spiro atoms. The predicted molar refractivity (Wildman–Crippen MR) is 179 cm³/mol. The number of rotatable bonds is 15. The van der Waals surface area contributed by atoms with Gasteiger partial charge in [-0.3, -0.25) is 14.3 Å². The summed E-state index contributed by atoms with van der Waals surface area (Å²) < 4.78 is 57.3. The van der Waals surface area contributed by atoms with Crippen LogP contribution in [0.4, 0.5) is 18.0 Å². The van der Waals surface area contributed by atoms with Crippen molar-refractivity contribution in [2.45, 2.75) is 117 Å². The van der Waals surface area contributed by atoms with Crippen LogP contribution in [0.25, 0.3) is 0 Å². The average molecular weight is 729 g/mol. The Morgan fingerprint density at radius 1 is 0.980 bits per heavy atom. The average Bonchev–Trinajstić information content (AvgIpc) is 3.51. The molecular weight excluding hydrogens is 677 g/mol. The first kappa shape index (κ1) is 42.8. The maximum absolute atomic E-state index is 14.4. The van der Waals surface area contributed by atoms with Crippen LogP contribution < -0.4 is 15.4 Å². The number of alkyl carbamates (subject to hydrolysis) is 1. The Hall–Kier alpha value is -4.41. The molecule has 14 nitrogen and oxygen atoms in total. The van der Waals surface area contributed by atoms with Crippen LogP contribution in [0.2, 0.25) is 0 Å². The second-order valence-electron chi connectivity index (χ2n) is 14.2. The molecule has 0 aliphatic carbocycles. The summed E-state index contributed by atoms with van der Waals surface area (Å²) in [5.74, 6) is -3.29. The van der Waals surface area contributed by atoms with Crippen molar-refractivity contribution in [2.24, 2.45) is 11.8 Å². The van der Waals surface area contributed by atoms with E-state index in [0.717, 1.165) is 10.9 Å². The fourth-order valence-electron chi connectivity index (χ4n) is 4.97. The van der Waals surface area contributed by atoms with Crippen LogP contribution >= 0.6 is 0 Å². The summed E-state index contributed by atoms with van der Waals surface area (Å²) >= 11 is 0. The summed E-state index contributed by atoms with van der Waals surface area (Å²) in [6.45, 7) is 15.0. The number of amides is 3. The molecule has 51 heavy (non-hydrogen) atoms. The van der Waals surface area contributed by atoms with Gasteiger partial charge in [0.2, 0.25) is 11.8 Å². The van der Waals surface area contributed by atoms with E-state index in [1.807, 2.05) is 6.92 Å². The molecule has 1 aromatic carbocycles. The standard InChI is InChI=1S/C34H51F3N6O8/c1-12-21(4)24(18-42-19-25(40-41-42)33(48,29(46)50-11)34(35,36)37)38-28(45)32(8,9)43(17-22-13-15-23(49-10)16-14-22)27(44)26(20(2)3)39-30(47)51-31(5,6)7/h13-16,19-21,24,26,48H,12,17-18H2,1-11H3,(H,38,45)(H,39,47)/t21-,24-,26-,33?/m0/s1. The quantitative estimate of drug-likeness (QED) is 0.227. The maximum atomic E-state index is 14.4. The maximum Gasteiger partial charge on any atom is 0.434 e. The highest BCUT2D eigenvalue weighted by molar-refractivity contribution is 5.94. The minimum atomic E-state index is -5.47. The van der Waals surface area contributed by atoms with Crippen LogP contribution in [0.3, 0.4) is 0 Å². The summed E-state index contributed by atoms with van der Waals surface area (Å²) in [6.07, 6.45) is -5.01. The lowest BCUT2D eigenvalue weighted by molar-refractivity contribution is -0.268. The molecule has 0 radical (unpaired) electrons. The number of alkyl halides is 3. The van der Waals surface area contributed by atoms with Gasteiger partial charge in [0.1, 0.15) is 28.6 Å². The number of halogens is 3. The van der Waals surface area contributed by atoms with E-state index in [0.29, 0.717) is 24.8 Å². The fraction of sp³-hybridized carbons (Fsp3) is 0.647. The van der Waals surface area contributed by atoms with E-state index < -0.39 is 70.5 Å². The number of aliphatic hydroxyl groups is 1. The molecule has 1 aromatic heterocycles. The molecule has 286 valence electrons. The Labute approximate surface area is 296 Å². The molecule has 1 heterocycles. The molecule has 3 amide bonds. The van der Waals surface area contributed by atoms with E-state index in [4.69, 9.17) is 9.47 Å². The van der Waals surface area contributed by atoms with Crippen molar-refractivity contribution in [1.82, 2.24) is 30.5 Å². The Balaban J connectivity index is 2.52. The van der Waals surface area contributed by atoms with Gasteiger partial charge in [0.05, 0.1) is 33.0 Å². The third kappa shape index (κ3) is 10.6. The van der Waals surface area contributed by atoms with Gasteiger partial charge in [-0.15, -0.1) is 5.10 Å². The summed E-state index contributed by atoms with van der Waals surface area (Å²) in [5, 5.41) is 23.0. The van der Waals surface area contributed by atoms with Crippen LogP contribution in [-0.4, -0.2) is 92.5 Å². The van der Waals surface area contributed by atoms with Crippen molar-refractivity contribution in [3.05, 3.63) is 41.7 Å². The van der Waals surface area contributed by atoms with Gasteiger partial charge in [-0.25, -0.2) is 9.59 Å². The van der Waals surface area contributed by atoms with Crippen LogP contribution in [0, 0.1) is 11.8 Å². The van der Waals surface area contributed by atoms with Gasteiger partial charge < -0.3 is 34.9 Å². The zero-order valence-electron chi connectivity index (χ0n) is 31.0. The first-order valence-corrected chi connectivity index (χ1v) is 16.5. The zero-order chi connectivity index (χ0) is 39.1. The van der Waals surface area contributed by atoms with E-state index in [2.05, 4.69) is 25.7 Å². The Morgan fingerprint density at radius 3 is 2.04 bits per heavy atom. The van der Waals surface area contributed by atoms with Crippen LogP contribution in [0.5, 0.6) is 5.75 Å². The van der Waals surface area contributed by atoms with E-state index in [1.165, 1.54) is 25.9 Å². The topological polar surface area (TPSA) is 174 Å². The number of carbonyl (C=O) groups is 4. The molecule has 0 bridgehead atoms. The highest BCUT2D eigenvalue weighted by Gasteiger charge is 2.64. The number of ether oxygens (including phenoxy) is 3. The molecule has 0 saturated heterocycles. The highest BCUT2D eigenvalue weighted by Crippen LogP contribution is 2.39. The number of aromatic nitrogens is 3. The number of methoxy groups -OCH3 is 2. The fourth-order valence-corrected chi connectivity index (χ4v) is 4.97. The Bertz CT molecular complexity index is 1510. The van der Waals surface area contributed by atoms with Crippen LogP contribution in [-0.2, 0) is 42.5 Å². The number of hydrogen-bond acceptors (Lipinski definition) is 10. The molecular formula is C34H51F3N6O8. The molecule has 2 aromatic rings. The summed E-state index contributed by atoms with van der Waals surface area (Å²) in [5.41, 5.74) is -6.93. The molecule has 3 N–H and O–H groups in total. The molecule has 4 atom stereocenters. The minimum absolute atomic E-state index is 0.0492. The normalized spacial score (nSPS) is 15.2. The predicted octanol–water partition coefficient (Wildman–Crippen LogP) is 4.10. The summed E-state index contributed by atoms with van der Waals surface area (Å²) in [6, 6.07) is 5.02. The van der Waals surface area contributed by atoms with Gasteiger partial charge in [-0.1, -0.05) is 51.5 Å². The van der Waals surface area contributed by atoms with Crippen LogP contribution in [0.15, 0.2) is 30.5 Å². The molecule has 1 unspecified atom stereocenters. The Morgan fingerprint density at radius 2 is 1.57 bits per heavy atom. The largest absolute Gasteiger partial charge is 0.497 e. The number of nitrogens with zero attached hydrogens (tertiary/aromatic N) is 4. The highest BCUT2D eigenvalue weighted by atomic mass is 19.4. The molecule has 0 saturated carbocycles. The van der Waals surface area contributed by atoms with E-state index >= 15 is 0 Å². The van der Waals surface area contributed by atoms with Crippen molar-refractivity contribution in [2.75, 3.05) is 14.2 Å². The van der Waals surface area contributed by atoms with E-state index in [1.54, 1.807) is 65.8 Å². The van der Waals surface area contributed by atoms with Crippen LogP contribution in [0.1, 0.15) is 80.0 Å². The SMILES string of the molecule is CC[C@H](C)[C@H](Cn1cc(C(O)(C(=O)OC)C(F)(F)F)nn1)NC(=O)C(C)(C)N(Cc1ccc(OC)cc1)C(=O)[C@@H](NC(=O)OC(C)(C)C)C(C)C. The third-order valence-electron chi connectivity index (χ3n) is 8.43. The molecule has 0 aliphatic rings. The second-order valence-corrected chi connectivity index (χ2v) is 14.2. The number of esters is 1. The lowest BCUT2D eigenvalue weighted by Crippen LogP contribution is -2.63. The van der Waals surface area contributed by atoms with Crippen molar-refractivity contribution in [1.29, 1.82) is 0 Å². The van der Waals surface area contributed by atoms with Gasteiger partial charge in [0, 0.05) is 6.54 Å². The molecule has 0 fully saturated rings. The van der Waals surface area contributed by atoms with Gasteiger partial charge in [-0.2, -0.15) is 13.2 Å². The molecule has 17 heteroatoms. The van der Waals surface area contributed by atoms with Crippen molar-refractivity contribution >= 4 is 23.9 Å². The van der Waals surface area contributed by atoms with E-state index in [-0.39, 0.29) is 19.0 Å². The minimum Gasteiger partial charge on any atom is -0.497 e. The molecule has 0 aliphatic heterocycles. The lowest BCUT2D eigenvalue weighted by atomic mass is 9.93.